The molecule has 0 aromatic heterocycles. The minimum atomic E-state index is -0.765. The fourth-order valence-electron chi connectivity index (χ4n) is 1.54. The number of urea groups is 1. The molecule has 0 radical (unpaired) electrons. The first-order chi connectivity index (χ1) is 9.02. The number of halogens is 2. The Balaban J connectivity index is 2.05. The maximum absolute atomic E-state index is 12.9. The highest BCUT2D eigenvalue weighted by molar-refractivity contribution is 5.99. The number of amides is 2. The highest BCUT2D eigenvalue weighted by atomic mass is 19.1. The van der Waals surface area contributed by atoms with Gasteiger partial charge in [-0.15, -0.1) is 0 Å². The smallest absolute Gasteiger partial charge is 0.323 e. The van der Waals surface area contributed by atoms with E-state index in [-0.39, 0.29) is 5.69 Å². The molecule has 19 heavy (non-hydrogen) atoms. The molecule has 0 heterocycles. The summed E-state index contributed by atoms with van der Waals surface area (Å²) in [6, 6.07) is 8.69. The summed E-state index contributed by atoms with van der Waals surface area (Å²) in [7, 11) is 0. The van der Waals surface area contributed by atoms with Crippen molar-refractivity contribution in [3.05, 3.63) is 54.1 Å². The number of rotatable bonds is 2. The molecule has 0 atom stereocenters. The molecule has 0 spiro atoms. The fourth-order valence-corrected chi connectivity index (χ4v) is 1.54. The van der Waals surface area contributed by atoms with Crippen LogP contribution in [-0.4, -0.2) is 6.03 Å². The molecule has 0 fully saturated rings. The standard InChI is InChI=1S/C13H11F2N3O/c14-8-4-9(15)6-12(5-8)18-13(19)17-11-3-1-2-10(16)7-11/h1-7H,16H2,(H2,17,18,19). The molecule has 0 unspecified atom stereocenters. The summed E-state index contributed by atoms with van der Waals surface area (Å²) in [5.41, 5.74) is 6.56. The molecule has 2 aromatic rings. The van der Waals surface area contributed by atoms with Gasteiger partial charge in [-0.05, 0) is 30.3 Å². The first kappa shape index (κ1) is 12.8. The van der Waals surface area contributed by atoms with Crippen LogP contribution in [0, 0.1) is 11.6 Å². The molecule has 0 saturated heterocycles. The van der Waals surface area contributed by atoms with Crippen LogP contribution in [0.3, 0.4) is 0 Å². The van der Waals surface area contributed by atoms with E-state index in [9.17, 15) is 13.6 Å². The van der Waals surface area contributed by atoms with Crippen molar-refractivity contribution in [3.8, 4) is 0 Å². The van der Waals surface area contributed by atoms with Gasteiger partial charge in [-0.1, -0.05) is 6.07 Å². The van der Waals surface area contributed by atoms with E-state index >= 15 is 0 Å². The normalized spacial score (nSPS) is 10.0. The number of hydrogen-bond donors (Lipinski definition) is 3. The Kier molecular flexibility index (Phi) is 3.61. The molecular weight excluding hydrogens is 252 g/mol. The van der Waals surface area contributed by atoms with Crippen molar-refractivity contribution < 1.29 is 13.6 Å². The maximum atomic E-state index is 12.9. The molecule has 6 heteroatoms. The molecule has 0 bridgehead atoms. The summed E-state index contributed by atoms with van der Waals surface area (Å²) in [4.78, 5) is 11.6. The van der Waals surface area contributed by atoms with Crippen molar-refractivity contribution in [1.29, 1.82) is 0 Å². The van der Waals surface area contributed by atoms with Crippen molar-refractivity contribution in [3.63, 3.8) is 0 Å². The van der Waals surface area contributed by atoms with Gasteiger partial charge in [-0.3, -0.25) is 0 Å². The number of benzene rings is 2. The summed E-state index contributed by atoms with van der Waals surface area (Å²) in [6.07, 6.45) is 0. The third-order valence-electron chi connectivity index (χ3n) is 2.26. The van der Waals surface area contributed by atoms with Crippen molar-refractivity contribution in [1.82, 2.24) is 0 Å². The highest BCUT2D eigenvalue weighted by Crippen LogP contribution is 2.15. The maximum Gasteiger partial charge on any atom is 0.323 e. The Morgan fingerprint density at radius 2 is 1.58 bits per heavy atom. The van der Waals surface area contributed by atoms with Gasteiger partial charge < -0.3 is 16.4 Å². The molecule has 4 nitrogen and oxygen atoms in total. The zero-order valence-electron chi connectivity index (χ0n) is 9.78. The first-order valence-electron chi connectivity index (χ1n) is 5.42. The zero-order valence-corrected chi connectivity index (χ0v) is 9.78. The number of hydrogen-bond acceptors (Lipinski definition) is 2. The summed E-state index contributed by atoms with van der Waals surface area (Å²) >= 11 is 0. The number of carbonyl (C=O) groups excluding carboxylic acids is 1. The Hall–Kier alpha value is -2.63. The van der Waals surface area contributed by atoms with E-state index in [2.05, 4.69) is 10.6 Å². The Bertz CT molecular complexity index is 596. The second-order valence-corrected chi connectivity index (χ2v) is 3.86. The van der Waals surface area contributed by atoms with Crippen LogP contribution in [0.25, 0.3) is 0 Å². The minimum Gasteiger partial charge on any atom is -0.399 e. The molecule has 98 valence electrons. The van der Waals surface area contributed by atoms with Crippen LogP contribution in [-0.2, 0) is 0 Å². The summed E-state index contributed by atoms with van der Waals surface area (Å²) in [5.74, 6) is -1.53. The Labute approximate surface area is 108 Å². The lowest BCUT2D eigenvalue weighted by Gasteiger charge is -2.08. The average molecular weight is 263 g/mol. The molecule has 0 aliphatic carbocycles. The summed E-state index contributed by atoms with van der Waals surface area (Å²) in [5, 5.41) is 4.82. The number of carbonyl (C=O) groups is 1. The van der Waals surface area contributed by atoms with Gasteiger partial charge in [0.1, 0.15) is 11.6 Å². The number of nitrogens with two attached hydrogens (primary N) is 1. The Morgan fingerprint density at radius 1 is 0.947 bits per heavy atom. The molecule has 2 rings (SSSR count). The van der Waals surface area contributed by atoms with E-state index < -0.39 is 17.7 Å². The van der Waals surface area contributed by atoms with E-state index in [1.807, 2.05) is 0 Å². The monoisotopic (exact) mass is 263 g/mol. The third-order valence-corrected chi connectivity index (χ3v) is 2.26. The Morgan fingerprint density at radius 3 is 2.21 bits per heavy atom. The van der Waals surface area contributed by atoms with E-state index in [0.717, 1.165) is 18.2 Å². The third kappa shape index (κ3) is 3.67. The van der Waals surface area contributed by atoms with Gasteiger partial charge in [0, 0.05) is 23.1 Å². The van der Waals surface area contributed by atoms with Crippen LogP contribution in [0.4, 0.5) is 30.6 Å². The van der Waals surface area contributed by atoms with Gasteiger partial charge >= 0.3 is 6.03 Å². The average Bonchev–Trinajstić information content (AvgIpc) is 2.26. The van der Waals surface area contributed by atoms with Crippen molar-refractivity contribution in [2.75, 3.05) is 16.4 Å². The molecule has 0 saturated carbocycles. The van der Waals surface area contributed by atoms with Crippen molar-refractivity contribution in [2.45, 2.75) is 0 Å². The lowest BCUT2D eigenvalue weighted by molar-refractivity contribution is 0.262. The van der Waals surface area contributed by atoms with E-state index in [4.69, 9.17) is 5.73 Å². The number of nitrogen functional groups attached to an aromatic ring is 1. The summed E-state index contributed by atoms with van der Waals surface area (Å²) in [6.45, 7) is 0. The topological polar surface area (TPSA) is 67.1 Å². The van der Waals surface area contributed by atoms with Crippen LogP contribution < -0.4 is 16.4 Å². The van der Waals surface area contributed by atoms with Crippen LogP contribution >= 0.6 is 0 Å². The molecule has 2 amide bonds. The van der Waals surface area contributed by atoms with Crippen LogP contribution in [0.2, 0.25) is 0 Å². The highest BCUT2D eigenvalue weighted by Gasteiger charge is 2.05. The van der Waals surface area contributed by atoms with E-state index in [1.54, 1.807) is 24.3 Å². The predicted octanol–water partition coefficient (Wildman–Crippen LogP) is 3.19. The van der Waals surface area contributed by atoms with E-state index in [1.165, 1.54) is 0 Å². The zero-order chi connectivity index (χ0) is 13.8. The number of anilines is 3. The van der Waals surface area contributed by atoms with Crippen LogP contribution in [0.5, 0.6) is 0 Å². The molecule has 4 N–H and O–H groups in total. The molecule has 0 aliphatic rings. The lowest BCUT2D eigenvalue weighted by Crippen LogP contribution is -2.19. The van der Waals surface area contributed by atoms with Gasteiger partial charge in [0.05, 0.1) is 0 Å². The van der Waals surface area contributed by atoms with Crippen LogP contribution in [0.1, 0.15) is 0 Å². The summed E-state index contributed by atoms with van der Waals surface area (Å²) < 4.78 is 25.9. The molecular formula is C13H11F2N3O. The van der Waals surface area contributed by atoms with Crippen molar-refractivity contribution >= 4 is 23.1 Å². The predicted molar refractivity (Wildman–Crippen MR) is 69.9 cm³/mol. The van der Waals surface area contributed by atoms with Crippen molar-refractivity contribution in [2.24, 2.45) is 0 Å². The van der Waals surface area contributed by atoms with E-state index in [0.29, 0.717) is 11.4 Å². The van der Waals surface area contributed by atoms with Gasteiger partial charge in [0.15, 0.2) is 0 Å². The van der Waals surface area contributed by atoms with Gasteiger partial charge in [0.25, 0.3) is 0 Å². The second kappa shape index (κ2) is 5.34. The van der Waals surface area contributed by atoms with Gasteiger partial charge in [0.2, 0.25) is 0 Å². The SMILES string of the molecule is Nc1cccc(NC(=O)Nc2cc(F)cc(F)c2)c1. The number of nitrogens with one attached hydrogen (secondary N) is 2. The quantitative estimate of drug-likeness (QED) is 0.728. The fraction of sp³-hybridized carbons (Fsp3) is 0. The largest absolute Gasteiger partial charge is 0.399 e. The molecule has 0 aliphatic heterocycles. The van der Waals surface area contributed by atoms with Gasteiger partial charge in [-0.25, -0.2) is 13.6 Å². The van der Waals surface area contributed by atoms with Crippen LogP contribution in [0.15, 0.2) is 42.5 Å². The first-order valence-corrected chi connectivity index (χ1v) is 5.42. The second-order valence-electron chi connectivity index (χ2n) is 3.86. The lowest BCUT2D eigenvalue weighted by atomic mass is 10.3. The molecule has 2 aromatic carbocycles. The minimum absolute atomic E-state index is 0.0268. The van der Waals surface area contributed by atoms with Gasteiger partial charge in [-0.2, -0.15) is 0 Å².